The summed E-state index contributed by atoms with van der Waals surface area (Å²) in [4.78, 5) is 37.4. The second-order valence-corrected chi connectivity index (χ2v) is 6.60. The van der Waals surface area contributed by atoms with Gasteiger partial charge in [-0.25, -0.2) is 0 Å². The molecular weight excluding hydrogens is 282 g/mol. The van der Waals surface area contributed by atoms with E-state index in [4.69, 9.17) is 4.74 Å². The summed E-state index contributed by atoms with van der Waals surface area (Å²) in [5.41, 5.74) is -1.31. The minimum absolute atomic E-state index is 0.337. The zero-order valence-corrected chi connectivity index (χ0v) is 12.9. The predicted octanol–water partition coefficient (Wildman–Crippen LogP) is 2.21. The van der Waals surface area contributed by atoms with Crippen molar-refractivity contribution in [2.24, 2.45) is 16.7 Å². The van der Waals surface area contributed by atoms with Crippen molar-refractivity contribution in [2.45, 2.75) is 26.7 Å². The van der Waals surface area contributed by atoms with Crippen molar-refractivity contribution < 1.29 is 19.1 Å². The summed E-state index contributed by atoms with van der Waals surface area (Å²) in [6.45, 7) is 3.69. The van der Waals surface area contributed by atoms with Gasteiger partial charge in [0.15, 0.2) is 0 Å². The number of benzene rings is 1. The van der Waals surface area contributed by atoms with E-state index < -0.39 is 22.4 Å². The summed E-state index contributed by atoms with van der Waals surface area (Å²) in [5, 5.41) is 2.79. The number of anilines is 1. The molecule has 0 heterocycles. The molecule has 2 fully saturated rings. The van der Waals surface area contributed by atoms with Crippen molar-refractivity contribution in [3.05, 3.63) is 24.3 Å². The van der Waals surface area contributed by atoms with Crippen LogP contribution < -0.4 is 10.1 Å². The molecule has 0 aromatic heterocycles. The minimum Gasteiger partial charge on any atom is -0.497 e. The van der Waals surface area contributed by atoms with Crippen molar-refractivity contribution >= 4 is 23.2 Å². The third-order valence-electron chi connectivity index (χ3n) is 5.42. The topological polar surface area (TPSA) is 72.5 Å². The van der Waals surface area contributed by atoms with E-state index in [9.17, 15) is 14.4 Å². The standard InChI is InChI=1S/C17H19NO4/c1-16(2)12-7-8-17(16,14(20)13(12)19)15(21)18-10-5-4-6-11(9-10)22-3/h4-6,9,12H,7-8H2,1-3H3,(H,18,21). The molecule has 116 valence electrons. The Labute approximate surface area is 129 Å². The minimum atomic E-state index is -1.24. The van der Waals surface area contributed by atoms with Gasteiger partial charge in [0.1, 0.15) is 11.2 Å². The molecule has 0 aliphatic heterocycles. The molecule has 5 heteroatoms. The molecule has 3 rings (SSSR count). The van der Waals surface area contributed by atoms with E-state index in [2.05, 4.69) is 5.32 Å². The van der Waals surface area contributed by atoms with Gasteiger partial charge in [0.05, 0.1) is 7.11 Å². The van der Waals surface area contributed by atoms with Gasteiger partial charge in [0.2, 0.25) is 17.5 Å². The number of hydrogen-bond acceptors (Lipinski definition) is 4. The number of hydrogen-bond donors (Lipinski definition) is 1. The Bertz CT molecular complexity index is 679. The highest BCUT2D eigenvalue weighted by Gasteiger charge is 2.72. The number of ketones is 2. The fourth-order valence-electron chi connectivity index (χ4n) is 4.02. The van der Waals surface area contributed by atoms with E-state index in [1.165, 1.54) is 0 Å². The molecule has 2 aliphatic carbocycles. The highest BCUT2D eigenvalue weighted by atomic mass is 16.5. The Kier molecular flexibility index (Phi) is 3.13. The lowest BCUT2D eigenvalue weighted by atomic mass is 9.68. The number of carbonyl (C=O) groups excluding carboxylic acids is 3. The smallest absolute Gasteiger partial charge is 0.239 e. The van der Waals surface area contributed by atoms with Gasteiger partial charge in [0, 0.05) is 17.7 Å². The molecule has 22 heavy (non-hydrogen) atoms. The van der Waals surface area contributed by atoms with Crippen LogP contribution in [0.2, 0.25) is 0 Å². The first-order chi connectivity index (χ1) is 10.3. The number of carbonyl (C=O) groups is 3. The van der Waals surface area contributed by atoms with E-state index in [0.29, 0.717) is 24.3 Å². The second-order valence-electron chi connectivity index (χ2n) is 6.60. The van der Waals surface area contributed by atoms with Crippen LogP contribution in [0.1, 0.15) is 26.7 Å². The van der Waals surface area contributed by atoms with Crippen LogP contribution in [0.4, 0.5) is 5.69 Å². The van der Waals surface area contributed by atoms with Crippen LogP contribution in [0.15, 0.2) is 24.3 Å². The van der Waals surface area contributed by atoms with Gasteiger partial charge >= 0.3 is 0 Å². The third kappa shape index (κ3) is 1.68. The lowest BCUT2D eigenvalue weighted by molar-refractivity contribution is -0.147. The molecular formula is C17H19NO4. The highest BCUT2D eigenvalue weighted by molar-refractivity contribution is 6.48. The number of ether oxygens (including phenoxy) is 1. The van der Waals surface area contributed by atoms with Gasteiger partial charge in [-0.05, 0) is 30.4 Å². The molecule has 1 N–H and O–H groups in total. The molecule has 1 amide bonds. The fourth-order valence-corrected chi connectivity index (χ4v) is 4.02. The molecule has 2 bridgehead atoms. The van der Waals surface area contributed by atoms with Crippen LogP contribution >= 0.6 is 0 Å². The fraction of sp³-hybridized carbons (Fsp3) is 0.471. The average molecular weight is 301 g/mol. The molecule has 2 unspecified atom stereocenters. The van der Waals surface area contributed by atoms with Crippen molar-refractivity contribution in [3.8, 4) is 5.75 Å². The number of methoxy groups -OCH3 is 1. The monoisotopic (exact) mass is 301 g/mol. The third-order valence-corrected chi connectivity index (χ3v) is 5.42. The summed E-state index contributed by atoms with van der Waals surface area (Å²) in [5.74, 6) is -1.03. The SMILES string of the molecule is COc1cccc(NC(=O)C23CCC(C(=O)C2=O)C3(C)C)c1. The molecule has 0 saturated heterocycles. The van der Waals surface area contributed by atoms with E-state index in [1.54, 1.807) is 31.4 Å². The average Bonchev–Trinajstić information content (AvgIpc) is 2.84. The second kappa shape index (κ2) is 4.66. The van der Waals surface area contributed by atoms with Gasteiger partial charge in [-0.15, -0.1) is 0 Å². The Morgan fingerprint density at radius 2 is 2.05 bits per heavy atom. The summed E-state index contributed by atoms with van der Waals surface area (Å²) < 4.78 is 5.13. The highest BCUT2D eigenvalue weighted by Crippen LogP contribution is 2.62. The number of rotatable bonds is 3. The first-order valence-corrected chi connectivity index (χ1v) is 7.39. The Morgan fingerprint density at radius 1 is 1.32 bits per heavy atom. The maximum absolute atomic E-state index is 12.8. The van der Waals surface area contributed by atoms with Gasteiger partial charge in [-0.3, -0.25) is 14.4 Å². The maximum atomic E-state index is 12.8. The predicted molar refractivity (Wildman–Crippen MR) is 80.6 cm³/mol. The normalized spacial score (nSPS) is 28.8. The summed E-state index contributed by atoms with van der Waals surface area (Å²) in [6.07, 6.45) is 1.04. The summed E-state index contributed by atoms with van der Waals surface area (Å²) in [7, 11) is 1.55. The molecule has 0 spiro atoms. The number of amides is 1. The van der Waals surface area contributed by atoms with Gasteiger partial charge in [0.25, 0.3) is 0 Å². The van der Waals surface area contributed by atoms with Gasteiger partial charge < -0.3 is 10.1 Å². The van der Waals surface area contributed by atoms with Crippen molar-refractivity contribution in [1.82, 2.24) is 0 Å². The molecule has 2 saturated carbocycles. The van der Waals surface area contributed by atoms with Gasteiger partial charge in [-0.1, -0.05) is 19.9 Å². The molecule has 2 aliphatic rings. The molecule has 1 aromatic carbocycles. The zero-order valence-electron chi connectivity index (χ0n) is 12.9. The Balaban J connectivity index is 1.94. The van der Waals surface area contributed by atoms with Crippen LogP contribution in [-0.4, -0.2) is 24.6 Å². The van der Waals surface area contributed by atoms with Crippen molar-refractivity contribution in [2.75, 3.05) is 12.4 Å². The van der Waals surface area contributed by atoms with Crippen LogP contribution in [0, 0.1) is 16.7 Å². The Morgan fingerprint density at radius 3 is 2.64 bits per heavy atom. The largest absolute Gasteiger partial charge is 0.497 e. The number of nitrogens with one attached hydrogen (secondary N) is 1. The number of fused-ring (bicyclic) bond motifs is 2. The lowest BCUT2D eigenvalue weighted by Crippen LogP contribution is -2.47. The zero-order chi connectivity index (χ0) is 16.1. The van der Waals surface area contributed by atoms with Crippen molar-refractivity contribution in [1.29, 1.82) is 0 Å². The van der Waals surface area contributed by atoms with E-state index in [0.717, 1.165) is 0 Å². The summed E-state index contributed by atoms with van der Waals surface area (Å²) >= 11 is 0. The van der Waals surface area contributed by atoms with Crippen molar-refractivity contribution in [3.63, 3.8) is 0 Å². The summed E-state index contributed by atoms with van der Waals surface area (Å²) in [6, 6.07) is 6.96. The van der Waals surface area contributed by atoms with Crippen LogP contribution in [0.5, 0.6) is 5.75 Å². The van der Waals surface area contributed by atoms with E-state index in [1.807, 2.05) is 13.8 Å². The molecule has 2 atom stereocenters. The van der Waals surface area contributed by atoms with Crippen LogP contribution in [0.3, 0.4) is 0 Å². The maximum Gasteiger partial charge on any atom is 0.239 e. The Hall–Kier alpha value is -2.17. The van der Waals surface area contributed by atoms with Crippen LogP contribution in [-0.2, 0) is 14.4 Å². The van der Waals surface area contributed by atoms with Gasteiger partial charge in [-0.2, -0.15) is 0 Å². The van der Waals surface area contributed by atoms with Crippen LogP contribution in [0.25, 0.3) is 0 Å². The first-order valence-electron chi connectivity index (χ1n) is 7.39. The quantitative estimate of drug-likeness (QED) is 0.686. The van der Waals surface area contributed by atoms with E-state index >= 15 is 0 Å². The van der Waals surface area contributed by atoms with E-state index in [-0.39, 0.29) is 11.8 Å². The molecule has 0 radical (unpaired) electrons. The first kappa shape index (κ1) is 14.8. The molecule has 1 aromatic rings. The molecule has 5 nitrogen and oxygen atoms in total. The number of Topliss-reactive ketones (excluding diaryl/α,β-unsaturated/α-hetero) is 2. The lowest BCUT2D eigenvalue weighted by Gasteiger charge is -2.33.